The number of nitrogens with one attached hydrogen (secondary N) is 1. The number of halogens is 1. The topological polar surface area (TPSA) is 58.6 Å². The summed E-state index contributed by atoms with van der Waals surface area (Å²) in [5.41, 5.74) is 0.638. The highest BCUT2D eigenvalue weighted by Gasteiger charge is 2.37. The smallest absolute Gasteiger partial charge is 0.244 e. The van der Waals surface area contributed by atoms with E-state index in [-0.39, 0.29) is 29.1 Å². The molecule has 1 N–H and O–H groups in total. The molecule has 0 aliphatic carbocycles. The van der Waals surface area contributed by atoms with Crippen LogP contribution < -0.4 is 10.1 Å². The molecule has 1 saturated heterocycles. The third-order valence-electron chi connectivity index (χ3n) is 4.46. The maximum atomic E-state index is 13.4. The number of nitrogens with zero attached hydrogens (tertiary/aromatic N) is 1. The quantitative estimate of drug-likeness (QED) is 0.876. The Kier molecular flexibility index (Phi) is 5.46. The molecule has 2 unspecified atom stereocenters. The van der Waals surface area contributed by atoms with Gasteiger partial charge in [0.1, 0.15) is 24.2 Å². The van der Waals surface area contributed by atoms with Gasteiger partial charge in [-0.15, -0.1) is 11.8 Å². The first-order chi connectivity index (χ1) is 12.2. The number of rotatable bonds is 3. The molecule has 142 valence electrons. The van der Waals surface area contributed by atoms with Crippen LogP contribution in [0.25, 0.3) is 0 Å². The van der Waals surface area contributed by atoms with Gasteiger partial charge in [-0.1, -0.05) is 20.8 Å². The Morgan fingerprint density at radius 1 is 1.38 bits per heavy atom. The van der Waals surface area contributed by atoms with Gasteiger partial charge >= 0.3 is 0 Å². The van der Waals surface area contributed by atoms with E-state index < -0.39 is 6.04 Å². The van der Waals surface area contributed by atoms with E-state index in [1.165, 1.54) is 12.1 Å². The standard InChI is InChI=1S/C19H25FN2O3S/c1-19(2,3)8-17(23)22-11-26-10-15(22)18(24)21-14-7-12-6-13(20)4-5-16(12)25-9-14/h4-6,14-15H,7-11H2,1-3H3,(H,21,24). The van der Waals surface area contributed by atoms with Gasteiger partial charge in [-0.2, -0.15) is 0 Å². The summed E-state index contributed by atoms with van der Waals surface area (Å²) in [7, 11) is 0. The minimum atomic E-state index is -0.455. The first kappa shape index (κ1) is 19.0. The van der Waals surface area contributed by atoms with E-state index in [0.29, 0.717) is 36.8 Å². The molecule has 0 bridgehead atoms. The number of carbonyl (C=O) groups excluding carboxylic acids is 2. The van der Waals surface area contributed by atoms with Gasteiger partial charge in [0.05, 0.1) is 11.9 Å². The molecule has 1 aromatic rings. The van der Waals surface area contributed by atoms with Crippen molar-refractivity contribution in [3.63, 3.8) is 0 Å². The summed E-state index contributed by atoms with van der Waals surface area (Å²) in [5, 5.41) is 2.98. The van der Waals surface area contributed by atoms with Crippen molar-refractivity contribution in [2.24, 2.45) is 5.41 Å². The van der Waals surface area contributed by atoms with Crippen LogP contribution in [0.3, 0.4) is 0 Å². The number of ether oxygens (including phenoxy) is 1. The molecule has 0 spiro atoms. The molecule has 7 heteroatoms. The Labute approximate surface area is 157 Å². The van der Waals surface area contributed by atoms with E-state index in [2.05, 4.69) is 5.32 Å². The zero-order valence-corrected chi connectivity index (χ0v) is 16.2. The van der Waals surface area contributed by atoms with Gasteiger partial charge in [0.2, 0.25) is 11.8 Å². The maximum Gasteiger partial charge on any atom is 0.244 e. The molecule has 2 atom stereocenters. The van der Waals surface area contributed by atoms with E-state index in [0.717, 1.165) is 5.56 Å². The molecule has 2 aliphatic rings. The summed E-state index contributed by atoms with van der Waals surface area (Å²) in [4.78, 5) is 26.9. The van der Waals surface area contributed by atoms with Crippen molar-refractivity contribution in [1.29, 1.82) is 0 Å². The van der Waals surface area contributed by atoms with Crippen LogP contribution >= 0.6 is 11.8 Å². The fourth-order valence-electron chi connectivity index (χ4n) is 3.21. The Morgan fingerprint density at radius 2 is 2.15 bits per heavy atom. The van der Waals surface area contributed by atoms with Crippen LogP contribution in [-0.4, -0.2) is 47.0 Å². The summed E-state index contributed by atoms with van der Waals surface area (Å²) >= 11 is 1.59. The molecule has 26 heavy (non-hydrogen) atoms. The zero-order chi connectivity index (χ0) is 18.9. The van der Waals surface area contributed by atoms with Gasteiger partial charge in [0.25, 0.3) is 0 Å². The average Bonchev–Trinajstić information content (AvgIpc) is 3.02. The number of benzene rings is 1. The third-order valence-corrected chi connectivity index (χ3v) is 5.47. The highest BCUT2D eigenvalue weighted by molar-refractivity contribution is 7.99. The Bertz CT molecular complexity index is 705. The fourth-order valence-corrected chi connectivity index (χ4v) is 4.39. The van der Waals surface area contributed by atoms with Crippen molar-refractivity contribution in [2.75, 3.05) is 18.2 Å². The predicted molar refractivity (Wildman–Crippen MR) is 99.6 cm³/mol. The number of hydrogen-bond donors (Lipinski definition) is 1. The van der Waals surface area contributed by atoms with Crippen molar-refractivity contribution in [3.05, 3.63) is 29.6 Å². The molecular weight excluding hydrogens is 355 g/mol. The number of hydrogen-bond acceptors (Lipinski definition) is 4. The van der Waals surface area contributed by atoms with Crippen LogP contribution in [0, 0.1) is 11.2 Å². The number of carbonyl (C=O) groups is 2. The van der Waals surface area contributed by atoms with Gasteiger partial charge in [-0.05, 0) is 35.6 Å². The summed E-state index contributed by atoms with van der Waals surface area (Å²) in [6.45, 7) is 6.39. The Morgan fingerprint density at radius 3 is 2.88 bits per heavy atom. The van der Waals surface area contributed by atoms with Gasteiger partial charge in [0, 0.05) is 12.2 Å². The van der Waals surface area contributed by atoms with Crippen molar-refractivity contribution in [2.45, 2.75) is 45.7 Å². The average molecular weight is 380 g/mol. The lowest BCUT2D eigenvalue weighted by molar-refractivity contribution is -0.139. The van der Waals surface area contributed by atoms with E-state index in [9.17, 15) is 14.0 Å². The van der Waals surface area contributed by atoms with E-state index in [1.807, 2.05) is 20.8 Å². The number of thioether (sulfide) groups is 1. The highest BCUT2D eigenvalue weighted by atomic mass is 32.2. The Hall–Kier alpha value is -1.76. The van der Waals surface area contributed by atoms with Gasteiger partial charge in [-0.3, -0.25) is 9.59 Å². The van der Waals surface area contributed by atoms with Crippen LogP contribution in [0.4, 0.5) is 4.39 Å². The van der Waals surface area contributed by atoms with Crippen molar-refractivity contribution < 1.29 is 18.7 Å². The summed E-state index contributed by atoms with van der Waals surface area (Å²) < 4.78 is 19.0. The van der Waals surface area contributed by atoms with Gasteiger partial charge in [-0.25, -0.2) is 4.39 Å². The van der Waals surface area contributed by atoms with Crippen LogP contribution in [0.2, 0.25) is 0 Å². The second-order valence-electron chi connectivity index (χ2n) is 8.09. The molecule has 5 nitrogen and oxygen atoms in total. The van der Waals surface area contributed by atoms with Crippen molar-refractivity contribution in [1.82, 2.24) is 10.2 Å². The monoisotopic (exact) mass is 380 g/mol. The molecule has 0 radical (unpaired) electrons. The molecular formula is C19H25FN2O3S. The molecule has 1 aromatic carbocycles. The van der Waals surface area contributed by atoms with Crippen LogP contribution in [0.5, 0.6) is 5.75 Å². The predicted octanol–water partition coefficient (Wildman–Crippen LogP) is 2.58. The lowest BCUT2D eigenvalue weighted by Gasteiger charge is -2.30. The SMILES string of the molecule is CC(C)(C)CC(=O)N1CSCC1C(=O)NC1COc2ccc(F)cc2C1. The first-order valence-corrected chi connectivity index (χ1v) is 9.97. The fraction of sp³-hybridized carbons (Fsp3) is 0.579. The van der Waals surface area contributed by atoms with Gasteiger partial charge in [0.15, 0.2) is 0 Å². The van der Waals surface area contributed by atoms with Gasteiger partial charge < -0.3 is 15.0 Å². The lowest BCUT2D eigenvalue weighted by Crippen LogP contribution is -2.52. The molecule has 2 heterocycles. The summed E-state index contributed by atoms with van der Waals surface area (Å²) in [6, 6.07) is 3.75. The third kappa shape index (κ3) is 4.50. The largest absolute Gasteiger partial charge is 0.491 e. The maximum absolute atomic E-state index is 13.4. The normalized spacial score (nSPS) is 22.5. The molecule has 0 aromatic heterocycles. The first-order valence-electron chi connectivity index (χ1n) is 8.82. The number of fused-ring (bicyclic) bond motifs is 1. The second-order valence-corrected chi connectivity index (χ2v) is 9.09. The molecule has 0 saturated carbocycles. The van der Waals surface area contributed by atoms with E-state index in [4.69, 9.17) is 4.74 Å². The highest BCUT2D eigenvalue weighted by Crippen LogP contribution is 2.28. The van der Waals surface area contributed by atoms with Crippen LogP contribution in [0.1, 0.15) is 32.8 Å². The molecule has 3 rings (SSSR count). The van der Waals surface area contributed by atoms with E-state index >= 15 is 0 Å². The van der Waals surface area contributed by atoms with Crippen LogP contribution in [-0.2, 0) is 16.0 Å². The van der Waals surface area contributed by atoms with Crippen LogP contribution in [0.15, 0.2) is 18.2 Å². The van der Waals surface area contributed by atoms with Crippen molar-refractivity contribution >= 4 is 23.6 Å². The number of amides is 2. The summed E-state index contributed by atoms with van der Waals surface area (Å²) in [5.74, 6) is 1.34. The Balaban J connectivity index is 1.61. The molecule has 2 amide bonds. The zero-order valence-electron chi connectivity index (χ0n) is 15.4. The minimum absolute atomic E-state index is 0.00922. The molecule has 2 aliphatic heterocycles. The summed E-state index contributed by atoms with van der Waals surface area (Å²) in [6.07, 6.45) is 0.936. The second kappa shape index (κ2) is 7.47. The lowest BCUT2D eigenvalue weighted by atomic mass is 9.91. The molecule has 1 fully saturated rings. The van der Waals surface area contributed by atoms with E-state index in [1.54, 1.807) is 22.7 Å². The van der Waals surface area contributed by atoms with Crippen molar-refractivity contribution in [3.8, 4) is 5.75 Å². The minimum Gasteiger partial charge on any atom is -0.491 e.